The zero-order valence-electron chi connectivity index (χ0n) is 11.3. The van der Waals surface area contributed by atoms with E-state index in [0.29, 0.717) is 12.2 Å². The molecule has 2 aliphatic heterocycles. The van der Waals surface area contributed by atoms with Crippen molar-refractivity contribution in [1.82, 2.24) is 4.90 Å². The number of amides is 1. The van der Waals surface area contributed by atoms with Crippen LogP contribution in [0.25, 0.3) is 0 Å². The third-order valence-corrected chi connectivity index (χ3v) is 4.29. The first-order chi connectivity index (χ1) is 10.3. The van der Waals surface area contributed by atoms with E-state index in [1.165, 1.54) is 6.07 Å². The van der Waals surface area contributed by atoms with Crippen LogP contribution in [0.15, 0.2) is 48.5 Å². The maximum atomic E-state index is 14.3. The number of fused-ring (bicyclic) bond motifs is 2. The van der Waals surface area contributed by atoms with Gasteiger partial charge in [0.15, 0.2) is 0 Å². The molecule has 2 aromatic rings. The molecular formula is C17H14FNO2. The number of rotatable bonds is 1. The number of hydrogen-bond acceptors (Lipinski definition) is 2. The van der Waals surface area contributed by atoms with Crippen LogP contribution in [0.2, 0.25) is 0 Å². The summed E-state index contributed by atoms with van der Waals surface area (Å²) in [6.45, 7) is 0.373. The highest BCUT2D eigenvalue weighted by Gasteiger charge is 2.44. The molecule has 4 heteroatoms. The lowest BCUT2D eigenvalue weighted by molar-refractivity contribution is 0.147. The van der Waals surface area contributed by atoms with Crippen LogP contribution >= 0.6 is 0 Å². The molecule has 0 aromatic heterocycles. The first kappa shape index (κ1) is 12.4. The molecule has 4 rings (SSSR count). The summed E-state index contributed by atoms with van der Waals surface area (Å²) in [7, 11) is 0. The van der Waals surface area contributed by atoms with Crippen molar-refractivity contribution in [2.45, 2.75) is 18.5 Å². The number of ether oxygens (including phenoxy) is 1. The van der Waals surface area contributed by atoms with E-state index in [2.05, 4.69) is 0 Å². The van der Waals surface area contributed by atoms with Gasteiger partial charge < -0.3 is 4.74 Å². The molecule has 106 valence electrons. The Morgan fingerprint density at radius 3 is 2.57 bits per heavy atom. The van der Waals surface area contributed by atoms with Crippen LogP contribution in [-0.4, -0.2) is 23.6 Å². The molecule has 21 heavy (non-hydrogen) atoms. The number of cyclic esters (lactones) is 1. The summed E-state index contributed by atoms with van der Waals surface area (Å²) in [5, 5.41) is 0. The summed E-state index contributed by atoms with van der Waals surface area (Å²) in [6, 6.07) is 14.1. The van der Waals surface area contributed by atoms with Gasteiger partial charge in [-0.15, -0.1) is 0 Å². The zero-order valence-corrected chi connectivity index (χ0v) is 11.3. The second-order valence-electron chi connectivity index (χ2n) is 5.46. The number of halogens is 1. The molecule has 3 nitrogen and oxygen atoms in total. The van der Waals surface area contributed by atoms with Crippen LogP contribution < -0.4 is 0 Å². The molecule has 0 radical (unpaired) electrons. The number of hydrogen-bond donors (Lipinski definition) is 0. The van der Waals surface area contributed by atoms with Gasteiger partial charge in [-0.25, -0.2) is 9.18 Å². The highest BCUT2D eigenvalue weighted by atomic mass is 19.1. The Labute approximate surface area is 122 Å². The lowest BCUT2D eigenvalue weighted by Crippen LogP contribution is -2.43. The van der Waals surface area contributed by atoms with Gasteiger partial charge >= 0.3 is 6.09 Å². The van der Waals surface area contributed by atoms with Gasteiger partial charge in [-0.3, -0.25) is 4.90 Å². The van der Waals surface area contributed by atoms with E-state index >= 15 is 0 Å². The van der Waals surface area contributed by atoms with Gasteiger partial charge in [-0.1, -0.05) is 42.5 Å². The molecular weight excluding hydrogens is 269 g/mol. The lowest BCUT2D eigenvalue weighted by atomic mass is 9.85. The maximum Gasteiger partial charge on any atom is 0.411 e. The van der Waals surface area contributed by atoms with E-state index in [1.54, 1.807) is 23.1 Å². The van der Waals surface area contributed by atoms with Crippen LogP contribution in [0.1, 0.15) is 22.7 Å². The zero-order chi connectivity index (χ0) is 14.4. The van der Waals surface area contributed by atoms with Gasteiger partial charge in [-0.2, -0.15) is 0 Å². The van der Waals surface area contributed by atoms with Crippen molar-refractivity contribution in [3.63, 3.8) is 0 Å². The molecule has 2 aromatic carbocycles. The first-order valence-electron chi connectivity index (χ1n) is 7.03. The molecule has 1 saturated heterocycles. The van der Waals surface area contributed by atoms with E-state index in [-0.39, 0.29) is 18.0 Å². The Hall–Kier alpha value is -2.36. The summed E-state index contributed by atoms with van der Waals surface area (Å²) >= 11 is 0. The largest absolute Gasteiger partial charge is 0.447 e. The number of carbonyl (C=O) groups is 1. The van der Waals surface area contributed by atoms with Crippen molar-refractivity contribution >= 4 is 6.09 Å². The monoisotopic (exact) mass is 283 g/mol. The summed E-state index contributed by atoms with van der Waals surface area (Å²) in [5.74, 6) is -0.294. The maximum absolute atomic E-state index is 14.3. The predicted octanol–water partition coefficient (Wildman–Crippen LogP) is 3.29. The van der Waals surface area contributed by atoms with Crippen LogP contribution in [-0.2, 0) is 11.2 Å². The number of nitrogens with zero attached hydrogens (tertiary/aromatic N) is 1. The fraction of sp³-hybridized carbons (Fsp3) is 0.235. The normalized spacial score (nSPS) is 23.5. The highest BCUT2D eigenvalue weighted by molar-refractivity contribution is 5.72. The predicted molar refractivity (Wildman–Crippen MR) is 75.4 cm³/mol. The third-order valence-electron chi connectivity index (χ3n) is 4.29. The Morgan fingerprint density at radius 1 is 1.05 bits per heavy atom. The third kappa shape index (κ3) is 1.82. The van der Waals surface area contributed by atoms with Gasteiger partial charge in [0, 0.05) is 5.56 Å². The topological polar surface area (TPSA) is 29.5 Å². The SMILES string of the molecule is O=C1OC[C@@H]2Cc3ccccc3[C@@H](c3ccccc3F)N12. The van der Waals surface area contributed by atoms with E-state index < -0.39 is 6.04 Å². The van der Waals surface area contributed by atoms with E-state index in [0.717, 1.165) is 17.5 Å². The minimum atomic E-state index is -0.406. The summed E-state index contributed by atoms with van der Waals surface area (Å²) in [4.78, 5) is 13.8. The van der Waals surface area contributed by atoms with Crippen LogP contribution in [0.3, 0.4) is 0 Å². The molecule has 0 aliphatic carbocycles. The highest BCUT2D eigenvalue weighted by Crippen LogP contribution is 2.41. The van der Waals surface area contributed by atoms with Gasteiger partial charge in [0.25, 0.3) is 0 Å². The fourth-order valence-electron chi connectivity index (χ4n) is 3.35. The van der Waals surface area contributed by atoms with Crippen molar-refractivity contribution < 1.29 is 13.9 Å². The molecule has 1 amide bonds. The first-order valence-corrected chi connectivity index (χ1v) is 7.03. The van der Waals surface area contributed by atoms with Gasteiger partial charge in [0.05, 0.1) is 12.1 Å². The Morgan fingerprint density at radius 2 is 1.76 bits per heavy atom. The quantitative estimate of drug-likeness (QED) is 0.803. The molecule has 0 spiro atoms. The van der Waals surface area contributed by atoms with Crippen molar-refractivity contribution in [2.75, 3.05) is 6.61 Å². The van der Waals surface area contributed by atoms with Crippen LogP contribution in [0.4, 0.5) is 9.18 Å². The molecule has 2 atom stereocenters. The Kier molecular flexibility index (Phi) is 2.70. The number of carbonyl (C=O) groups excluding carboxylic acids is 1. The molecule has 0 bridgehead atoms. The summed E-state index contributed by atoms with van der Waals surface area (Å²) in [6.07, 6.45) is 0.398. The molecule has 2 aliphatic rings. The minimum Gasteiger partial charge on any atom is -0.447 e. The van der Waals surface area contributed by atoms with Crippen molar-refractivity contribution in [2.24, 2.45) is 0 Å². The van der Waals surface area contributed by atoms with Crippen LogP contribution in [0, 0.1) is 5.82 Å². The van der Waals surface area contributed by atoms with Gasteiger partial charge in [0.2, 0.25) is 0 Å². The Bertz CT molecular complexity index is 715. The van der Waals surface area contributed by atoms with E-state index in [1.807, 2.05) is 24.3 Å². The second-order valence-corrected chi connectivity index (χ2v) is 5.46. The standard InChI is InChI=1S/C17H14FNO2/c18-15-8-4-3-7-14(15)16-13-6-2-1-5-11(13)9-12-10-21-17(20)19(12)16/h1-8,12,16H,9-10H2/t12-,16-/m0/s1. The summed E-state index contributed by atoms with van der Waals surface area (Å²) < 4.78 is 19.5. The average molecular weight is 283 g/mol. The molecule has 2 heterocycles. The van der Waals surface area contributed by atoms with Gasteiger partial charge in [0.1, 0.15) is 12.4 Å². The molecule has 0 unspecified atom stereocenters. The molecule has 0 saturated carbocycles. The Balaban J connectivity index is 1.93. The van der Waals surface area contributed by atoms with Crippen molar-refractivity contribution in [3.8, 4) is 0 Å². The van der Waals surface area contributed by atoms with E-state index in [9.17, 15) is 9.18 Å². The minimum absolute atomic E-state index is 0.0167. The second kappa shape index (κ2) is 4.58. The number of benzene rings is 2. The average Bonchev–Trinajstić information content (AvgIpc) is 2.87. The fourth-order valence-corrected chi connectivity index (χ4v) is 3.35. The smallest absolute Gasteiger partial charge is 0.411 e. The van der Waals surface area contributed by atoms with E-state index in [4.69, 9.17) is 4.74 Å². The molecule has 0 N–H and O–H groups in total. The lowest BCUT2D eigenvalue weighted by Gasteiger charge is -2.37. The van der Waals surface area contributed by atoms with Crippen molar-refractivity contribution in [1.29, 1.82) is 0 Å². The van der Waals surface area contributed by atoms with Gasteiger partial charge in [-0.05, 0) is 23.6 Å². The van der Waals surface area contributed by atoms with Crippen molar-refractivity contribution in [3.05, 3.63) is 71.0 Å². The molecule has 1 fully saturated rings. The van der Waals surface area contributed by atoms with Crippen LogP contribution in [0.5, 0.6) is 0 Å². The summed E-state index contributed by atoms with van der Waals surface area (Å²) in [5.41, 5.74) is 2.66.